The van der Waals surface area contributed by atoms with E-state index in [0.717, 1.165) is 5.56 Å². The van der Waals surface area contributed by atoms with Gasteiger partial charge in [-0.05, 0) is 5.56 Å². The number of hydrogen-bond donors (Lipinski definition) is 0. The standard InChI is InChI=1S/C11H10ClN3O2/c1-17-11(16)9-10(12)15(14-13-9)7-8-5-3-2-4-6-8/h2-6H,7H2,1H3. The Hall–Kier alpha value is -1.88. The van der Waals surface area contributed by atoms with Gasteiger partial charge in [-0.25, -0.2) is 9.48 Å². The Balaban J connectivity index is 2.24. The predicted octanol–water partition coefficient (Wildman–Crippen LogP) is 1.77. The van der Waals surface area contributed by atoms with Gasteiger partial charge >= 0.3 is 5.97 Å². The molecule has 2 rings (SSSR count). The lowest BCUT2D eigenvalue weighted by atomic mass is 10.2. The summed E-state index contributed by atoms with van der Waals surface area (Å²) >= 11 is 5.99. The van der Waals surface area contributed by atoms with E-state index in [1.807, 2.05) is 30.3 Å². The van der Waals surface area contributed by atoms with Crippen molar-refractivity contribution in [2.45, 2.75) is 6.54 Å². The number of methoxy groups -OCH3 is 1. The van der Waals surface area contributed by atoms with Crippen molar-refractivity contribution >= 4 is 17.6 Å². The van der Waals surface area contributed by atoms with Crippen LogP contribution in [0.15, 0.2) is 30.3 Å². The first-order valence-electron chi connectivity index (χ1n) is 4.93. The molecule has 0 unspecified atom stereocenters. The molecule has 0 bridgehead atoms. The summed E-state index contributed by atoms with van der Waals surface area (Å²) in [5.74, 6) is -0.589. The van der Waals surface area contributed by atoms with Gasteiger partial charge in [-0.2, -0.15) is 0 Å². The molecule has 0 aliphatic heterocycles. The van der Waals surface area contributed by atoms with Crippen LogP contribution in [0.3, 0.4) is 0 Å². The molecule has 88 valence electrons. The second-order valence-electron chi connectivity index (χ2n) is 3.36. The third kappa shape index (κ3) is 2.45. The number of carbonyl (C=O) groups is 1. The first-order chi connectivity index (χ1) is 8.22. The van der Waals surface area contributed by atoms with Gasteiger partial charge in [0.1, 0.15) is 0 Å². The van der Waals surface area contributed by atoms with Gasteiger partial charge in [0, 0.05) is 0 Å². The summed E-state index contributed by atoms with van der Waals surface area (Å²) in [5, 5.41) is 7.68. The third-order valence-electron chi connectivity index (χ3n) is 2.23. The number of rotatable bonds is 3. The summed E-state index contributed by atoms with van der Waals surface area (Å²) < 4.78 is 5.99. The van der Waals surface area contributed by atoms with Crippen LogP contribution in [-0.2, 0) is 11.3 Å². The van der Waals surface area contributed by atoms with E-state index in [2.05, 4.69) is 15.0 Å². The number of ether oxygens (including phenoxy) is 1. The molecule has 0 saturated carbocycles. The Kier molecular flexibility index (Phi) is 3.39. The van der Waals surface area contributed by atoms with Crippen molar-refractivity contribution in [2.24, 2.45) is 0 Å². The summed E-state index contributed by atoms with van der Waals surface area (Å²) in [4.78, 5) is 11.3. The Morgan fingerprint density at radius 2 is 2.12 bits per heavy atom. The SMILES string of the molecule is COC(=O)c1nnn(Cc2ccccc2)c1Cl. The van der Waals surface area contributed by atoms with Gasteiger partial charge in [0.25, 0.3) is 0 Å². The van der Waals surface area contributed by atoms with Gasteiger partial charge in [0.15, 0.2) is 5.15 Å². The van der Waals surface area contributed by atoms with E-state index >= 15 is 0 Å². The fourth-order valence-corrected chi connectivity index (χ4v) is 1.59. The second kappa shape index (κ2) is 4.97. The van der Waals surface area contributed by atoms with Crippen molar-refractivity contribution in [3.8, 4) is 0 Å². The van der Waals surface area contributed by atoms with Crippen LogP contribution >= 0.6 is 11.6 Å². The number of nitrogens with zero attached hydrogens (tertiary/aromatic N) is 3. The maximum atomic E-state index is 11.3. The Bertz CT molecular complexity index is 525. The number of halogens is 1. The van der Waals surface area contributed by atoms with Crippen molar-refractivity contribution in [3.63, 3.8) is 0 Å². The number of hydrogen-bond acceptors (Lipinski definition) is 4. The van der Waals surface area contributed by atoms with E-state index < -0.39 is 5.97 Å². The van der Waals surface area contributed by atoms with E-state index in [4.69, 9.17) is 11.6 Å². The molecule has 0 aliphatic rings. The molecule has 0 amide bonds. The van der Waals surface area contributed by atoms with Crippen LogP contribution in [0.5, 0.6) is 0 Å². The summed E-state index contributed by atoms with van der Waals surface area (Å²) in [6.45, 7) is 0.462. The molecule has 0 N–H and O–H groups in total. The van der Waals surface area contributed by atoms with E-state index in [0.29, 0.717) is 6.54 Å². The highest BCUT2D eigenvalue weighted by molar-refractivity contribution is 6.32. The number of esters is 1. The molecule has 0 spiro atoms. The van der Waals surface area contributed by atoms with Crippen LogP contribution in [0.2, 0.25) is 5.15 Å². The molecule has 0 aliphatic carbocycles. The smallest absolute Gasteiger partial charge is 0.361 e. The fourth-order valence-electron chi connectivity index (χ4n) is 1.38. The molecule has 0 fully saturated rings. The minimum absolute atomic E-state index is 0.0325. The third-order valence-corrected chi connectivity index (χ3v) is 2.60. The maximum absolute atomic E-state index is 11.3. The van der Waals surface area contributed by atoms with Crippen LogP contribution in [0.25, 0.3) is 0 Å². The largest absolute Gasteiger partial charge is 0.464 e. The highest BCUT2D eigenvalue weighted by atomic mass is 35.5. The average Bonchev–Trinajstić information content (AvgIpc) is 2.72. The zero-order chi connectivity index (χ0) is 12.3. The quantitative estimate of drug-likeness (QED) is 0.780. The van der Waals surface area contributed by atoms with Crippen LogP contribution < -0.4 is 0 Å². The van der Waals surface area contributed by atoms with Gasteiger partial charge < -0.3 is 4.74 Å². The topological polar surface area (TPSA) is 57.0 Å². The van der Waals surface area contributed by atoms with E-state index in [1.54, 1.807) is 0 Å². The van der Waals surface area contributed by atoms with Crippen LogP contribution in [0.4, 0.5) is 0 Å². The molecule has 0 radical (unpaired) electrons. The highest BCUT2D eigenvalue weighted by Crippen LogP contribution is 2.15. The van der Waals surface area contributed by atoms with Crippen molar-refractivity contribution in [1.82, 2.24) is 15.0 Å². The molecule has 0 atom stereocenters. The van der Waals surface area contributed by atoms with Gasteiger partial charge in [0.2, 0.25) is 5.69 Å². The molecular weight excluding hydrogens is 242 g/mol. The molecule has 17 heavy (non-hydrogen) atoms. The normalized spacial score (nSPS) is 10.2. The van der Waals surface area contributed by atoms with Gasteiger partial charge in [-0.1, -0.05) is 47.1 Å². The van der Waals surface area contributed by atoms with Crippen LogP contribution in [0.1, 0.15) is 16.1 Å². The summed E-state index contributed by atoms with van der Waals surface area (Å²) in [5.41, 5.74) is 1.06. The molecule has 2 aromatic rings. The lowest BCUT2D eigenvalue weighted by Gasteiger charge is -2.01. The fraction of sp³-hybridized carbons (Fsp3) is 0.182. The Labute approximate surface area is 103 Å². The summed E-state index contributed by atoms with van der Waals surface area (Å²) in [6, 6.07) is 9.64. The predicted molar refractivity (Wildman–Crippen MR) is 61.9 cm³/mol. The molecule has 0 saturated heterocycles. The first kappa shape index (κ1) is 11.6. The van der Waals surface area contributed by atoms with Crippen LogP contribution in [0, 0.1) is 0 Å². The van der Waals surface area contributed by atoms with E-state index in [-0.39, 0.29) is 10.8 Å². The lowest BCUT2D eigenvalue weighted by molar-refractivity contribution is 0.0594. The zero-order valence-corrected chi connectivity index (χ0v) is 9.89. The van der Waals surface area contributed by atoms with Crippen molar-refractivity contribution in [2.75, 3.05) is 7.11 Å². The summed E-state index contributed by atoms with van der Waals surface area (Å²) in [6.07, 6.45) is 0. The second-order valence-corrected chi connectivity index (χ2v) is 3.72. The first-order valence-corrected chi connectivity index (χ1v) is 5.31. The average molecular weight is 252 g/mol. The minimum atomic E-state index is -0.589. The zero-order valence-electron chi connectivity index (χ0n) is 9.13. The van der Waals surface area contributed by atoms with Crippen molar-refractivity contribution in [1.29, 1.82) is 0 Å². The number of benzene rings is 1. The molecule has 6 heteroatoms. The lowest BCUT2D eigenvalue weighted by Crippen LogP contribution is -2.04. The molecular formula is C11H10ClN3O2. The van der Waals surface area contributed by atoms with Gasteiger partial charge in [-0.15, -0.1) is 5.10 Å². The highest BCUT2D eigenvalue weighted by Gasteiger charge is 2.18. The monoisotopic (exact) mass is 251 g/mol. The number of aromatic nitrogens is 3. The molecule has 1 heterocycles. The van der Waals surface area contributed by atoms with Gasteiger partial charge in [-0.3, -0.25) is 0 Å². The molecule has 1 aromatic heterocycles. The molecule has 1 aromatic carbocycles. The minimum Gasteiger partial charge on any atom is -0.464 e. The Morgan fingerprint density at radius 3 is 2.76 bits per heavy atom. The van der Waals surface area contributed by atoms with Crippen LogP contribution in [-0.4, -0.2) is 28.1 Å². The summed E-state index contributed by atoms with van der Waals surface area (Å²) in [7, 11) is 1.27. The maximum Gasteiger partial charge on any atom is 0.361 e. The number of carbonyl (C=O) groups excluding carboxylic acids is 1. The van der Waals surface area contributed by atoms with E-state index in [9.17, 15) is 4.79 Å². The van der Waals surface area contributed by atoms with Crippen molar-refractivity contribution < 1.29 is 9.53 Å². The van der Waals surface area contributed by atoms with E-state index in [1.165, 1.54) is 11.8 Å². The Morgan fingerprint density at radius 1 is 1.41 bits per heavy atom. The van der Waals surface area contributed by atoms with Crippen molar-refractivity contribution in [3.05, 3.63) is 46.7 Å². The molecule has 5 nitrogen and oxygen atoms in total. The van der Waals surface area contributed by atoms with Gasteiger partial charge in [0.05, 0.1) is 13.7 Å².